The molecular formula is C14H17BrN2O3. The van der Waals surface area contributed by atoms with Gasteiger partial charge in [0.15, 0.2) is 0 Å². The second-order valence-electron chi connectivity index (χ2n) is 4.78. The number of hydrogen-bond acceptors (Lipinski definition) is 2. The molecule has 5 nitrogen and oxygen atoms in total. The minimum Gasteiger partial charge on any atom is -0.480 e. The molecule has 0 radical (unpaired) electrons. The third kappa shape index (κ3) is 2.95. The molecule has 2 amide bonds. The number of carboxylic acids is 1. The van der Waals surface area contributed by atoms with Crippen molar-refractivity contribution >= 4 is 33.8 Å². The quantitative estimate of drug-likeness (QED) is 0.860. The standard InChI is InChI=1S/C14H17BrN2O3/c1-2-10-5-3-6-11(9-10)17(15)14(20)16-8-4-7-12(16)13(18)19/h3,5-6,9,12H,2,4,7-8H2,1H3,(H,18,19). The van der Waals surface area contributed by atoms with Crippen molar-refractivity contribution < 1.29 is 14.7 Å². The van der Waals surface area contributed by atoms with Crippen molar-refractivity contribution in [1.29, 1.82) is 0 Å². The number of aryl methyl sites for hydroxylation is 1. The molecule has 1 atom stereocenters. The first-order valence-corrected chi connectivity index (χ1v) is 7.33. The van der Waals surface area contributed by atoms with E-state index in [0.717, 1.165) is 18.4 Å². The Kier molecular flexibility index (Phi) is 4.65. The van der Waals surface area contributed by atoms with Crippen LogP contribution in [-0.4, -0.2) is 34.6 Å². The number of likely N-dealkylation sites (tertiary alicyclic amines) is 1. The summed E-state index contributed by atoms with van der Waals surface area (Å²) in [6.07, 6.45) is 2.11. The molecule has 1 N–H and O–H groups in total. The molecule has 108 valence electrons. The molecule has 6 heteroatoms. The van der Waals surface area contributed by atoms with E-state index < -0.39 is 12.0 Å². The summed E-state index contributed by atoms with van der Waals surface area (Å²) in [5.74, 6) is -0.945. The summed E-state index contributed by atoms with van der Waals surface area (Å²) in [5, 5.41) is 9.14. The number of halogens is 1. The van der Waals surface area contributed by atoms with Crippen molar-refractivity contribution in [3.05, 3.63) is 29.8 Å². The van der Waals surface area contributed by atoms with Crippen molar-refractivity contribution in [1.82, 2.24) is 4.90 Å². The second-order valence-corrected chi connectivity index (χ2v) is 5.49. The van der Waals surface area contributed by atoms with Crippen molar-refractivity contribution in [2.45, 2.75) is 32.2 Å². The van der Waals surface area contributed by atoms with E-state index >= 15 is 0 Å². The zero-order valence-corrected chi connectivity index (χ0v) is 12.8. The SMILES string of the molecule is CCc1cccc(N(Br)C(=O)N2CCCC2C(=O)O)c1. The zero-order valence-electron chi connectivity index (χ0n) is 11.3. The first-order valence-electron chi connectivity index (χ1n) is 6.63. The Labute approximate surface area is 126 Å². The zero-order chi connectivity index (χ0) is 14.7. The minimum atomic E-state index is -0.945. The van der Waals surface area contributed by atoms with Gasteiger partial charge in [0.05, 0.1) is 21.8 Å². The van der Waals surface area contributed by atoms with Crippen LogP contribution in [0.4, 0.5) is 10.5 Å². The van der Waals surface area contributed by atoms with Crippen molar-refractivity contribution in [3.63, 3.8) is 0 Å². The molecule has 1 heterocycles. The van der Waals surface area contributed by atoms with Crippen LogP contribution in [0.2, 0.25) is 0 Å². The van der Waals surface area contributed by atoms with E-state index in [4.69, 9.17) is 5.11 Å². The predicted molar refractivity (Wildman–Crippen MR) is 80.0 cm³/mol. The fourth-order valence-electron chi connectivity index (χ4n) is 2.37. The predicted octanol–water partition coefficient (Wildman–Crippen LogP) is 3.03. The second kappa shape index (κ2) is 6.26. The molecule has 0 aliphatic carbocycles. The average Bonchev–Trinajstić information content (AvgIpc) is 2.95. The van der Waals surface area contributed by atoms with Crippen LogP contribution in [0.25, 0.3) is 0 Å². The van der Waals surface area contributed by atoms with Gasteiger partial charge in [-0.1, -0.05) is 19.1 Å². The third-order valence-corrected chi connectivity index (χ3v) is 4.21. The maximum atomic E-state index is 12.4. The lowest BCUT2D eigenvalue weighted by Crippen LogP contribution is -2.45. The van der Waals surface area contributed by atoms with Crippen LogP contribution >= 0.6 is 16.1 Å². The number of aliphatic carboxylic acids is 1. The summed E-state index contributed by atoms with van der Waals surface area (Å²) in [5.41, 5.74) is 1.83. The average molecular weight is 341 g/mol. The Morgan fingerprint density at radius 3 is 2.90 bits per heavy atom. The molecule has 0 saturated carbocycles. The van der Waals surface area contributed by atoms with Crippen LogP contribution in [0.15, 0.2) is 24.3 Å². The van der Waals surface area contributed by atoms with Gasteiger partial charge in [0.1, 0.15) is 6.04 Å². The molecule has 1 aromatic rings. The normalized spacial score (nSPS) is 18.1. The van der Waals surface area contributed by atoms with Gasteiger partial charge in [-0.15, -0.1) is 0 Å². The van der Waals surface area contributed by atoms with E-state index in [1.54, 1.807) is 0 Å². The molecule has 0 spiro atoms. The maximum absolute atomic E-state index is 12.4. The number of nitrogens with zero attached hydrogens (tertiary/aromatic N) is 2. The Bertz CT molecular complexity index is 521. The van der Waals surface area contributed by atoms with Gasteiger partial charge in [0.2, 0.25) is 0 Å². The topological polar surface area (TPSA) is 60.9 Å². The Morgan fingerprint density at radius 2 is 2.25 bits per heavy atom. The van der Waals surface area contributed by atoms with Gasteiger partial charge in [-0.3, -0.25) is 0 Å². The molecule has 2 rings (SSSR count). The van der Waals surface area contributed by atoms with Crippen molar-refractivity contribution in [2.24, 2.45) is 0 Å². The number of anilines is 1. The minimum absolute atomic E-state index is 0.330. The van der Waals surface area contributed by atoms with E-state index in [2.05, 4.69) is 16.1 Å². The third-order valence-electron chi connectivity index (χ3n) is 3.50. The van der Waals surface area contributed by atoms with Crippen LogP contribution in [0.5, 0.6) is 0 Å². The molecule has 0 aromatic heterocycles. The smallest absolute Gasteiger partial charge is 0.335 e. The summed E-state index contributed by atoms with van der Waals surface area (Å²) < 4.78 is 1.34. The molecule has 20 heavy (non-hydrogen) atoms. The molecule has 1 fully saturated rings. The van der Waals surface area contributed by atoms with Gasteiger partial charge in [0, 0.05) is 6.54 Å². The van der Waals surface area contributed by atoms with Gasteiger partial charge in [-0.2, -0.15) is 0 Å². The summed E-state index contributed by atoms with van der Waals surface area (Å²) in [6, 6.07) is 6.55. The van der Waals surface area contributed by atoms with Crippen LogP contribution in [0.3, 0.4) is 0 Å². The van der Waals surface area contributed by atoms with Crippen LogP contribution < -0.4 is 3.93 Å². The Morgan fingerprint density at radius 1 is 1.50 bits per heavy atom. The molecular weight excluding hydrogens is 324 g/mol. The Balaban J connectivity index is 2.17. The Hall–Kier alpha value is -1.56. The van der Waals surface area contributed by atoms with E-state index in [1.807, 2.05) is 31.2 Å². The molecule has 1 aromatic carbocycles. The monoisotopic (exact) mass is 340 g/mol. The van der Waals surface area contributed by atoms with E-state index in [-0.39, 0.29) is 6.03 Å². The summed E-state index contributed by atoms with van der Waals surface area (Å²) in [7, 11) is 0. The van der Waals surface area contributed by atoms with Crippen LogP contribution in [0.1, 0.15) is 25.3 Å². The number of rotatable bonds is 3. The number of carbonyl (C=O) groups is 2. The van der Waals surface area contributed by atoms with Crippen LogP contribution in [-0.2, 0) is 11.2 Å². The number of urea groups is 1. The van der Waals surface area contributed by atoms with Crippen LogP contribution in [0, 0.1) is 0 Å². The molecule has 0 bridgehead atoms. The molecule has 1 aliphatic rings. The highest BCUT2D eigenvalue weighted by Crippen LogP contribution is 2.26. The van der Waals surface area contributed by atoms with Gasteiger partial charge < -0.3 is 10.0 Å². The molecule has 1 unspecified atom stereocenters. The highest BCUT2D eigenvalue weighted by atomic mass is 79.9. The number of hydrogen-bond donors (Lipinski definition) is 1. The van der Waals surface area contributed by atoms with E-state index in [1.165, 1.54) is 8.83 Å². The highest BCUT2D eigenvalue weighted by molar-refractivity contribution is 9.10. The van der Waals surface area contributed by atoms with Crippen molar-refractivity contribution in [2.75, 3.05) is 10.5 Å². The molecule has 1 aliphatic heterocycles. The molecule has 1 saturated heterocycles. The van der Waals surface area contributed by atoms with Gasteiger partial charge in [-0.25, -0.2) is 13.5 Å². The summed E-state index contributed by atoms with van der Waals surface area (Å²) >= 11 is 3.25. The number of carbonyl (C=O) groups excluding carboxylic acids is 1. The van der Waals surface area contributed by atoms with Gasteiger partial charge in [0.25, 0.3) is 0 Å². The maximum Gasteiger partial charge on any atom is 0.335 e. The van der Waals surface area contributed by atoms with E-state index in [0.29, 0.717) is 18.7 Å². The summed E-state index contributed by atoms with van der Waals surface area (Å²) in [4.78, 5) is 24.9. The van der Waals surface area contributed by atoms with Crippen molar-refractivity contribution in [3.8, 4) is 0 Å². The van der Waals surface area contributed by atoms with Gasteiger partial charge in [-0.05, 0) is 37.0 Å². The lowest BCUT2D eigenvalue weighted by molar-refractivity contribution is -0.141. The number of benzene rings is 1. The summed E-state index contributed by atoms with van der Waals surface area (Å²) in [6.45, 7) is 2.52. The first kappa shape index (κ1) is 14.8. The van der Waals surface area contributed by atoms with E-state index in [9.17, 15) is 9.59 Å². The number of amides is 2. The largest absolute Gasteiger partial charge is 0.480 e. The number of carboxylic acid groups (broad SMARTS) is 1. The highest BCUT2D eigenvalue weighted by Gasteiger charge is 2.36. The van der Waals surface area contributed by atoms with Gasteiger partial charge >= 0.3 is 12.0 Å². The first-order chi connectivity index (χ1) is 9.54. The fraction of sp³-hybridized carbons (Fsp3) is 0.429. The lowest BCUT2D eigenvalue weighted by atomic mass is 10.1. The fourth-order valence-corrected chi connectivity index (χ4v) is 2.80. The lowest BCUT2D eigenvalue weighted by Gasteiger charge is -2.26.